The number of ether oxygens (including phenoxy) is 2. The Bertz CT molecular complexity index is 1400. The number of fused-ring (bicyclic) bond motifs is 1. The van der Waals surface area contributed by atoms with E-state index in [1.54, 1.807) is 6.07 Å². The van der Waals surface area contributed by atoms with Crippen LogP contribution in [-0.4, -0.2) is 72.0 Å². The van der Waals surface area contributed by atoms with Crippen molar-refractivity contribution in [3.05, 3.63) is 46.3 Å². The second-order valence-electron chi connectivity index (χ2n) is 13.2. The van der Waals surface area contributed by atoms with E-state index in [0.717, 1.165) is 47.5 Å². The van der Waals surface area contributed by atoms with Crippen LogP contribution in [0.5, 0.6) is 0 Å². The molecule has 0 spiro atoms. The molecular weight excluding hydrogens is 548 g/mol. The number of primary amides is 1. The van der Waals surface area contributed by atoms with Gasteiger partial charge in [-0.3, -0.25) is 19.2 Å². The lowest BCUT2D eigenvalue weighted by molar-refractivity contribution is -0.158. The number of anilines is 1. The largest absolute Gasteiger partial charge is 0.462 e. The number of Topliss-reactive ketones (excluding diaryl/α,β-unsaturated/α-hetero) is 1. The highest BCUT2D eigenvalue weighted by molar-refractivity contribution is 6.01. The van der Waals surface area contributed by atoms with Gasteiger partial charge in [0.2, 0.25) is 0 Å². The lowest BCUT2D eigenvalue weighted by Crippen LogP contribution is -2.35. The minimum Gasteiger partial charge on any atom is -0.462 e. The van der Waals surface area contributed by atoms with Crippen LogP contribution in [0.4, 0.5) is 5.69 Å². The van der Waals surface area contributed by atoms with Crippen molar-refractivity contribution in [2.45, 2.75) is 97.8 Å². The molecule has 234 valence electrons. The third kappa shape index (κ3) is 7.65. The lowest BCUT2D eigenvalue weighted by atomic mass is 9.75. The second kappa shape index (κ2) is 12.9. The summed E-state index contributed by atoms with van der Waals surface area (Å²) in [6, 6.07) is 5.65. The molecule has 10 heteroatoms. The van der Waals surface area contributed by atoms with Gasteiger partial charge in [0.25, 0.3) is 5.91 Å². The molecule has 1 aromatic heterocycles. The fraction of sp³-hybridized carbons (Fsp3) is 0.576. The predicted molar refractivity (Wildman–Crippen MR) is 165 cm³/mol. The van der Waals surface area contributed by atoms with Gasteiger partial charge in [-0.05, 0) is 89.2 Å². The number of nitrogens with one attached hydrogen (secondary N) is 1. The number of nitrogens with zero attached hydrogens (tertiary/aromatic N) is 2. The molecule has 1 fully saturated rings. The zero-order valence-electron chi connectivity index (χ0n) is 26.5. The molecule has 1 atom stereocenters. The quantitative estimate of drug-likeness (QED) is 0.384. The third-order valence-corrected chi connectivity index (χ3v) is 8.53. The Hall–Kier alpha value is -3.66. The van der Waals surface area contributed by atoms with Crippen LogP contribution in [0.1, 0.15) is 97.0 Å². The van der Waals surface area contributed by atoms with Gasteiger partial charge in [-0.1, -0.05) is 13.8 Å². The highest BCUT2D eigenvalue weighted by Gasteiger charge is 2.36. The molecule has 0 saturated heterocycles. The molecule has 10 nitrogen and oxygen atoms in total. The number of carbonyl (C=O) groups is 4. The third-order valence-electron chi connectivity index (χ3n) is 8.53. The number of benzene rings is 1. The molecule has 4 rings (SSSR count). The van der Waals surface area contributed by atoms with Crippen LogP contribution in [0.25, 0.3) is 5.69 Å². The van der Waals surface area contributed by atoms with Gasteiger partial charge >= 0.3 is 11.9 Å². The summed E-state index contributed by atoms with van der Waals surface area (Å²) in [4.78, 5) is 51.4. The molecule has 0 bridgehead atoms. The van der Waals surface area contributed by atoms with Crippen molar-refractivity contribution in [1.82, 2.24) is 9.47 Å². The first-order valence-corrected chi connectivity index (χ1v) is 15.1. The number of likely N-dealkylation sites (N-methyl/N-ethyl adjacent to an activating group) is 1. The van der Waals surface area contributed by atoms with E-state index in [-0.39, 0.29) is 35.7 Å². The number of esters is 2. The van der Waals surface area contributed by atoms with Crippen LogP contribution in [0.3, 0.4) is 0 Å². The van der Waals surface area contributed by atoms with Crippen molar-refractivity contribution in [3.8, 4) is 5.69 Å². The van der Waals surface area contributed by atoms with Gasteiger partial charge in [-0.15, -0.1) is 0 Å². The summed E-state index contributed by atoms with van der Waals surface area (Å²) in [6.07, 6.45) is 3.36. The molecule has 1 amide bonds. The van der Waals surface area contributed by atoms with Crippen molar-refractivity contribution >= 4 is 29.3 Å². The van der Waals surface area contributed by atoms with Crippen LogP contribution >= 0.6 is 0 Å². The summed E-state index contributed by atoms with van der Waals surface area (Å²) < 4.78 is 13.2. The molecule has 2 aliphatic rings. The topological polar surface area (TPSA) is 133 Å². The van der Waals surface area contributed by atoms with E-state index in [9.17, 15) is 19.2 Å². The fourth-order valence-electron chi connectivity index (χ4n) is 6.56. The minimum absolute atomic E-state index is 0.00939. The number of amides is 1. The number of nitrogens with two attached hydrogens (primary N) is 1. The normalized spacial score (nSPS) is 20.3. The van der Waals surface area contributed by atoms with Gasteiger partial charge in [0, 0.05) is 54.3 Å². The number of ketones is 1. The van der Waals surface area contributed by atoms with Crippen molar-refractivity contribution in [2.75, 3.05) is 26.0 Å². The van der Waals surface area contributed by atoms with Gasteiger partial charge in [-0.2, -0.15) is 0 Å². The fourth-order valence-corrected chi connectivity index (χ4v) is 6.56. The first kappa shape index (κ1) is 32.3. The van der Waals surface area contributed by atoms with Gasteiger partial charge in [0.05, 0.1) is 12.0 Å². The SMILES string of the molecule is CC(=O)OC(CC(=O)O[C@H]1CC[C@H](Nc2cc(-n3c(C)c(C)c4c3CC(C)(C)CC4=O)ccc2C(N)=O)CC1)CN(C)C. The van der Waals surface area contributed by atoms with E-state index in [0.29, 0.717) is 37.1 Å². The van der Waals surface area contributed by atoms with Gasteiger partial charge < -0.3 is 30.0 Å². The first-order valence-electron chi connectivity index (χ1n) is 15.1. The average Bonchev–Trinajstić information content (AvgIpc) is 3.12. The molecular formula is C33H46N4O6. The molecule has 3 N–H and O–H groups in total. The van der Waals surface area contributed by atoms with Gasteiger partial charge in [0.15, 0.2) is 5.78 Å². The Balaban J connectivity index is 1.47. The zero-order chi connectivity index (χ0) is 31.6. The van der Waals surface area contributed by atoms with Crippen LogP contribution in [0.15, 0.2) is 18.2 Å². The van der Waals surface area contributed by atoms with Crippen molar-refractivity contribution in [1.29, 1.82) is 0 Å². The van der Waals surface area contributed by atoms with Crippen molar-refractivity contribution in [3.63, 3.8) is 0 Å². The molecule has 1 saturated carbocycles. The van der Waals surface area contributed by atoms with Crippen LogP contribution in [0, 0.1) is 19.3 Å². The predicted octanol–water partition coefficient (Wildman–Crippen LogP) is 4.50. The van der Waals surface area contributed by atoms with E-state index < -0.39 is 18.0 Å². The number of rotatable bonds is 10. The maximum atomic E-state index is 13.1. The molecule has 1 unspecified atom stereocenters. The second-order valence-corrected chi connectivity index (χ2v) is 13.2. The Labute approximate surface area is 254 Å². The maximum Gasteiger partial charge on any atom is 0.309 e. The Morgan fingerprint density at radius 2 is 1.79 bits per heavy atom. The standard InChI is InChI=1S/C33H46N4O6/c1-19-20(2)37(28-16-33(4,5)17-29(39)31(19)28)23-10-13-26(32(34)41)27(14-23)35-22-8-11-24(12-9-22)43-30(40)15-25(18-36(6)7)42-21(3)38/h10,13-14,22,24-25,35H,8-9,11-12,15-18H2,1-7H3,(H2,34,41)/t22-,24-,25?. The molecule has 0 radical (unpaired) electrons. The van der Waals surface area contributed by atoms with Crippen molar-refractivity contribution < 1.29 is 28.7 Å². The summed E-state index contributed by atoms with van der Waals surface area (Å²) in [6.45, 7) is 10.0. The summed E-state index contributed by atoms with van der Waals surface area (Å²) in [5.74, 6) is -1.15. The van der Waals surface area contributed by atoms with Gasteiger partial charge in [0.1, 0.15) is 12.2 Å². The minimum atomic E-state index is -0.556. The van der Waals surface area contributed by atoms with E-state index in [2.05, 4.69) is 23.7 Å². The van der Waals surface area contributed by atoms with E-state index in [1.165, 1.54) is 6.92 Å². The number of hydrogen-bond acceptors (Lipinski definition) is 8. The number of aromatic nitrogens is 1. The monoisotopic (exact) mass is 594 g/mol. The van der Waals surface area contributed by atoms with Crippen LogP contribution in [-0.2, 0) is 25.5 Å². The Morgan fingerprint density at radius 3 is 2.40 bits per heavy atom. The molecule has 43 heavy (non-hydrogen) atoms. The molecule has 2 aromatic rings. The Kier molecular flexibility index (Phi) is 9.69. The number of hydrogen-bond donors (Lipinski definition) is 2. The van der Waals surface area contributed by atoms with E-state index >= 15 is 0 Å². The van der Waals surface area contributed by atoms with Crippen LogP contribution in [0.2, 0.25) is 0 Å². The molecule has 2 aliphatic carbocycles. The average molecular weight is 595 g/mol. The summed E-state index contributed by atoms with van der Waals surface area (Å²) in [5.41, 5.74) is 11.4. The van der Waals surface area contributed by atoms with Crippen molar-refractivity contribution in [2.24, 2.45) is 11.1 Å². The number of carbonyl (C=O) groups excluding carboxylic acids is 4. The molecule has 1 aromatic carbocycles. The molecule has 1 heterocycles. The zero-order valence-corrected chi connectivity index (χ0v) is 26.5. The first-order chi connectivity index (χ1) is 20.1. The smallest absolute Gasteiger partial charge is 0.309 e. The Morgan fingerprint density at radius 1 is 1.12 bits per heavy atom. The highest BCUT2D eigenvalue weighted by Crippen LogP contribution is 2.40. The molecule has 0 aliphatic heterocycles. The van der Waals surface area contributed by atoms with Gasteiger partial charge in [-0.25, -0.2) is 0 Å². The summed E-state index contributed by atoms with van der Waals surface area (Å²) in [5, 5.41) is 3.54. The van der Waals surface area contributed by atoms with E-state index in [4.69, 9.17) is 15.2 Å². The van der Waals surface area contributed by atoms with E-state index in [1.807, 2.05) is 45.0 Å². The summed E-state index contributed by atoms with van der Waals surface area (Å²) in [7, 11) is 3.71. The summed E-state index contributed by atoms with van der Waals surface area (Å²) >= 11 is 0. The van der Waals surface area contributed by atoms with Crippen LogP contribution < -0.4 is 11.1 Å². The highest BCUT2D eigenvalue weighted by atomic mass is 16.6. The maximum absolute atomic E-state index is 13.1. The lowest BCUT2D eigenvalue weighted by Gasteiger charge is -2.31.